The van der Waals surface area contributed by atoms with E-state index in [9.17, 15) is 9.90 Å². The van der Waals surface area contributed by atoms with Crippen molar-refractivity contribution >= 4 is 23.3 Å². The molecule has 118 valence electrons. The third-order valence-electron chi connectivity index (χ3n) is 4.31. The molecular weight excluding hydrogens is 310 g/mol. The molecule has 3 rings (SSSR count). The first kappa shape index (κ1) is 15.8. The Morgan fingerprint density at radius 3 is 2.04 bits per heavy atom. The molecule has 0 radical (unpaired) electrons. The molecule has 1 aliphatic carbocycles. The van der Waals surface area contributed by atoms with Crippen LogP contribution in [-0.4, -0.2) is 28.2 Å². The minimum absolute atomic E-state index is 0.0138. The summed E-state index contributed by atoms with van der Waals surface area (Å²) in [6.07, 6.45) is 1.23. The van der Waals surface area contributed by atoms with E-state index in [1.54, 1.807) is 0 Å². The number of alkyl halides is 1. The van der Waals surface area contributed by atoms with Gasteiger partial charge in [0.1, 0.15) is 0 Å². The molecule has 3 nitrogen and oxygen atoms in total. The molecule has 0 amide bonds. The highest BCUT2D eigenvalue weighted by molar-refractivity contribution is 6.18. The standard InChI is InChI=1S/C19H18ClNO2/c20-12-11-16-13-19(16,18(22)23)21-17(14-7-3-1-4-8-14)15-9-5-2-6-10-15/h1-10,16H,11-13H2,(H,22,23)/t16?,19-/m0/s1. The van der Waals surface area contributed by atoms with Gasteiger partial charge in [-0.25, -0.2) is 4.79 Å². The van der Waals surface area contributed by atoms with Crippen LogP contribution in [0, 0.1) is 5.92 Å². The summed E-state index contributed by atoms with van der Waals surface area (Å²) in [4.78, 5) is 16.5. The Morgan fingerprint density at radius 2 is 1.61 bits per heavy atom. The molecule has 0 spiro atoms. The third kappa shape index (κ3) is 3.15. The summed E-state index contributed by atoms with van der Waals surface area (Å²) in [7, 11) is 0. The Bertz CT molecular complexity index is 673. The number of carbonyl (C=O) groups is 1. The van der Waals surface area contributed by atoms with E-state index in [0.29, 0.717) is 18.7 Å². The fraction of sp³-hybridized carbons (Fsp3) is 0.263. The van der Waals surface area contributed by atoms with Gasteiger partial charge in [0.05, 0.1) is 5.71 Å². The minimum atomic E-state index is -1.03. The molecule has 2 atom stereocenters. The van der Waals surface area contributed by atoms with Gasteiger partial charge in [0.2, 0.25) is 0 Å². The van der Waals surface area contributed by atoms with E-state index in [-0.39, 0.29) is 5.92 Å². The summed E-state index contributed by atoms with van der Waals surface area (Å²) < 4.78 is 0. The average Bonchev–Trinajstić information content (AvgIpc) is 3.29. The quantitative estimate of drug-likeness (QED) is 0.644. The lowest BCUT2D eigenvalue weighted by atomic mass is 10.0. The molecule has 1 N–H and O–H groups in total. The van der Waals surface area contributed by atoms with E-state index >= 15 is 0 Å². The van der Waals surface area contributed by atoms with Gasteiger partial charge < -0.3 is 5.11 Å². The van der Waals surface area contributed by atoms with Crippen molar-refractivity contribution in [3.63, 3.8) is 0 Å². The highest BCUT2D eigenvalue weighted by atomic mass is 35.5. The van der Waals surface area contributed by atoms with Crippen molar-refractivity contribution < 1.29 is 9.90 Å². The van der Waals surface area contributed by atoms with Crippen LogP contribution < -0.4 is 0 Å². The highest BCUT2D eigenvalue weighted by Crippen LogP contribution is 2.50. The molecule has 1 fully saturated rings. The van der Waals surface area contributed by atoms with Crippen LogP contribution in [0.1, 0.15) is 24.0 Å². The molecule has 1 saturated carbocycles. The Hall–Kier alpha value is -2.13. The fourth-order valence-corrected chi connectivity index (χ4v) is 3.19. The first-order valence-electron chi connectivity index (χ1n) is 7.67. The van der Waals surface area contributed by atoms with Crippen LogP contribution in [0.15, 0.2) is 65.7 Å². The number of carboxylic acid groups (broad SMARTS) is 1. The van der Waals surface area contributed by atoms with Crippen molar-refractivity contribution in [2.24, 2.45) is 10.9 Å². The lowest BCUT2D eigenvalue weighted by Crippen LogP contribution is -2.25. The number of benzene rings is 2. The predicted molar refractivity (Wildman–Crippen MR) is 92.3 cm³/mol. The van der Waals surface area contributed by atoms with Gasteiger partial charge in [0.25, 0.3) is 0 Å². The number of aliphatic imine (C=N–C) groups is 1. The van der Waals surface area contributed by atoms with Gasteiger partial charge in [-0.05, 0) is 18.8 Å². The predicted octanol–water partition coefficient (Wildman–Crippen LogP) is 4.00. The number of hydrogen-bond acceptors (Lipinski definition) is 2. The van der Waals surface area contributed by atoms with Crippen LogP contribution >= 0.6 is 11.6 Å². The zero-order valence-corrected chi connectivity index (χ0v) is 13.4. The van der Waals surface area contributed by atoms with Crippen molar-refractivity contribution in [3.05, 3.63) is 71.8 Å². The Kier molecular flexibility index (Phi) is 4.49. The van der Waals surface area contributed by atoms with Gasteiger partial charge in [0, 0.05) is 17.0 Å². The topological polar surface area (TPSA) is 49.7 Å². The van der Waals surface area contributed by atoms with Crippen LogP contribution in [0.4, 0.5) is 0 Å². The maximum absolute atomic E-state index is 11.8. The van der Waals surface area contributed by atoms with E-state index in [2.05, 4.69) is 0 Å². The molecule has 23 heavy (non-hydrogen) atoms. The molecule has 0 heterocycles. The normalized spacial score (nSPS) is 22.4. The third-order valence-corrected chi connectivity index (χ3v) is 4.52. The summed E-state index contributed by atoms with van der Waals surface area (Å²) in [6, 6.07) is 19.4. The monoisotopic (exact) mass is 327 g/mol. The summed E-state index contributed by atoms with van der Waals surface area (Å²) in [6.45, 7) is 0. The number of nitrogens with zero attached hydrogens (tertiary/aromatic N) is 1. The van der Waals surface area contributed by atoms with E-state index in [1.807, 2.05) is 60.7 Å². The van der Waals surface area contributed by atoms with Gasteiger partial charge in [-0.1, -0.05) is 60.7 Å². The average molecular weight is 328 g/mol. The molecule has 1 unspecified atom stereocenters. The summed E-state index contributed by atoms with van der Waals surface area (Å²) in [5.41, 5.74) is 1.55. The van der Waals surface area contributed by atoms with Crippen LogP contribution in [0.25, 0.3) is 0 Å². The zero-order valence-electron chi connectivity index (χ0n) is 12.7. The summed E-state index contributed by atoms with van der Waals surface area (Å²) in [5.74, 6) is -0.391. The first-order valence-corrected chi connectivity index (χ1v) is 8.21. The number of halogens is 1. The van der Waals surface area contributed by atoms with Crippen molar-refractivity contribution in [1.82, 2.24) is 0 Å². The largest absolute Gasteiger partial charge is 0.479 e. The second kappa shape index (κ2) is 6.55. The van der Waals surface area contributed by atoms with Crippen molar-refractivity contribution in [3.8, 4) is 0 Å². The number of carboxylic acids is 1. The van der Waals surface area contributed by atoms with Gasteiger partial charge in [-0.3, -0.25) is 4.99 Å². The van der Waals surface area contributed by atoms with Crippen molar-refractivity contribution in [1.29, 1.82) is 0 Å². The zero-order chi connectivity index (χ0) is 16.3. The molecular formula is C19H18ClNO2. The second-order valence-electron chi connectivity index (χ2n) is 5.80. The van der Waals surface area contributed by atoms with Crippen LogP contribution in [0.5, 0.6) is 0 Å². The summed E-state index contributed by atoms with van der Waals surface area (Å²) >= 11 is 5.80. The Balaban J connectivity index is 2.07. The Morgan fingerprint density at radius 1 is 1.09 bits per heavy atom. The smallest absolute Gasteiger partial charge is 0.331 e. The van der Waals surface area contributed by atoms with Crippen LogP contribution in [0.2, 0.25) is 0 Å². The molecule has 0 bridgehead atoms. The van der Waals surface area contributed by atoms with E-state index in [0.717, 1.165) is 16.8 Å². The molecule has 0 aromatic heterocycles. The van der Waals surface area contributed by atoms with Crippen molar-refractivity contribution in [2.45, 2.75) is 18.4 Å². The lowest BCUT2D eigenvalue weighted by molar-refractivity contribution is -0.139. The van der Waals surface area contributed by atoms with Crippen LogP contribution in [-0.2, 0) is 4.79 Å². The van der Waals surface area contributed by atoms with Gasteiger partial charge in [-0.2, -0.15) is 0 Å². The van der Waals surface area contributed by atoms with Crippen LogP contribution in [0.3, 0.4) is 0 Å². The van der Waals surface area contributed by atoms with Gasteiger partial charge >= 0.3 is 5.97 Å². The Labute approximate surface area is 140 Å². The van der Waals surface area contributed by atoms with E-state index in [1.165, 1.54) is 0 Å². The number of aliphatic carboxylic acids is 1. The molecule has 0 aliphatic heterocycles. The lowest BCUT2D eigenvalue weighted by Gasteiger charge is -2.13. The maximum Gasteiger partial charge on any atom is 0.331 e. The minimum Gasteiger partial charge on any atom is -0.479 e. The maximum atomic E-state index is 11.8. The molecule has 1 aliphatic rings. The van der Waals surface area contributed by atoms with Gasteiger partial charge in [0.15, 0.2) is 5.54 Å². The second-order valence-corrected chi connectivity index (χ2v) is 6.18. The molecule has 2 aromatic rings. The first-order chi connectivity index (χ1) is 11.2. The SMILES string of the molecule is O=C(O)[C@]1(N=C(c2ccccc2)c2ccccc2)CC1CCCl. The van der Waals surface area contributed by atoms with Gasteiger partial charge in [-0.15, -0.1) is 11.6 Å². The van der Waals surface area contributed by atoms with E-state index in [4.69, 9.17) is 16.6 Å². The molecule has 4 heteroatoms. The molecule has 0 saturated heterocycles. The summed E-state index contributed by atoms with van der Waals surface area (Å²) in [5, 5.41) is 9.69. The number of hydrogen-bond donors (Lipinski definition) is 1. The van der Waals surface area contributed by atoms with E-state index < -0.39 is 11.5 Å². The number of rotatable bonds is 6. The molecule has 2 aromatic carbocycles. The highest BCUT2D eigenvalue weighted by Gasteiger charge is 2.60. The van der Waals surface area contributed by atoms with Crippen molar-refractivity contribution in [2.75, 3.05) is 5.88 Å². The fourth-order valence-electron chi connectivity index (χ4n) is 2.92.